The van der Waals surface area contributed by atoms with E-state index in [1.54, 1.807) is 0 Å². The molecule has 0 atom stereocenters. The van der Waals surface area contributed by atoms with Crippen molar-refractivity contribution in [1.29, 1.82) is 0 Å². The van der Waals surface area contributed by atoms with Crippen molar-refractivity contribution in [2.45, 2.75) is 13.3 Å². The van der Waals surface area contributed by atoms with E-state index < -0.39 is 0 Å². The van der Waals surface area contributed by atoms with Gasteiger partial charge in [-0.15, -0.1) is 0 Å². The number of hydrogen-bond donors (Lipinski definition) is 0. The summed E-state index contributed by atoms with van der Waals surface area (Å²) < 4.78 is 6.26. The van der Waals surface area contributed by atoms with Gasteiger partial charge in [0.1, 0.15) is 0 Å². The van der Waals surface area contributed by atoms with Gasteiger partial charge in [-0.1, -0.05) is 12.1 Å². The van der Waals surface area contributed by atoms with Crippen LogP contribution >= 0.6 is 15.9 Å². The van der Waals surface area contributed by atoms with E-state index in [0.717, 1.165) is 35.2 Å². The minimum atomic E-state index is 0.0890. The minimum absolute atomic E-state index is 0.0890. The Bertz CT molecular complexity index is 412. The van der Waals surface area contributed by atoms with Crippen LogP contribution in [0.5, 0.6) is 0 Å². The quantitative estimate of drug-likeness (QED) is 0.797. The fourth-order valence-corrected chi connectivity index (χ4v) is 2.37. The summed E-state index contributed by atoms with van der Waals surface area (Å²) in [6, 6.07) is 5.78. The summed E-state index contributed by atoms with van der Waals surface area (Å²) in [5.41, 5.74) is 1.83. The topological polar surface area (TPSA) is 29.5 Å². The van der Waals surface area contributed by atoms with Crippen LogP contribution < -0.4 is 0 Å². The van der Waals surface area contributed by atoms with Crippen LogP contribution in [-0.4, -0.2) is 37.1 Å². The lowest BCUT2D eigenvalue weighted by Gasteiger charge is -2.20. The Morgan fingerprint density at radius 3 is 3.00 bits per heavy atom. The molecule has 0 spiro atoms. The fourth-order valence-electron chi connectivity index (χ4n) is 1.93. The predicted octanol–water partition coefficient (Wildman–Crippen LogP) is 2.62. The molecule has 1 aliphatic heterocycles. The van der Waals surface area contributed by atoms with E-state index in [1.165, 1.54) is 0 Å². The van der Waals surface area contributed by atoms with Crippen LogP contribution in [0, 0.1) is 6.92 Å². The molecule has 0 bridgehead atoms. The molecule has 1 aromatic carbocycles. The van der Waals surface area contributed by atoms with Gasteiger partial charge >= 0.3 is 0 Å². The Kier molecular flexibility index (Phi) is 4.18. The van der Waals surface area contributed by atoms with Gasteiger partial charge in [-0.05, 0) is 40.9 Å². The van der Waals surface area contributed by atoms with Crippen molar-refractivity contribution in [3.05, 3.63) is 33.8 Å². The summed E-state index contributed by atoms with van der Waals surface area (Å²) in [6.07, 6.45) is 0.912. The molecule has 4 heteroatoms. The van der Waals surface area contributed by atoms with Gasteiger partial charge in [-0.25, -0.2) is 0 Å². The third kappa shape index (κ3) is 2.87. The lowest BCUT2D eigenvalue weighted by molar-refractivity contribution is 0.0740. The zero-order valence-corrected chi connectivity index (χ0v) is 11.5. The van der Waals surface area contributed by atoms with Gasteiger partial charge in [-0.2, -0.15) is 0 Å². The first kappa shape index (κ1) is 12.6. The third-order valence-electron chi connectivity index (χ3n) is 2.93. The third-order valence-corrected chi connectivity index (χ3v) is 3.98. The highest BCUT2D eigenvalue weighted by molar-refractivity contribution is 9.10. The van der Waals surface area contributed by atoms with E-state index in [1.807, 2.05) is 30.0 Å². The minimum Gasteiger partial charge on any atom is -0.380 e. The monoisotopic (exact) mass is 297 g/mol. The molecule has 3 nitrogen and oxygen atoms in total. The van der Waals surface area contributed by atoms with Crippen LogP contribution in [0.15, 0.2) is 22.7 Å². The van der Waals surface area contributed by atoms with Crippen LogP contribution in [0.2, 0.25) is 0 Å². The normalized spacial score (nSPS) is 16.7. The van der Waals surface area contributed by atoms with E-state index in [0.29, 0.717) is 13.2 Å². The number of hydrogen-bond acceptors (Lipinski definition) is 2. The maximum Gasteiger partial charge on any atom is 0.255 e. The molecule has 17 heavy (non-hydrogen) atoms. The first-order chi connectivity index (χ1) is 8.20. The molecule has 1 fully saturated rings. The van der Waals surface area contributed by atoms with Crippen LogP contribution in [0.1, 0.15) is 22.3 Å². The van der Waals surface area contributed by atoms with E-state index in [4.69, 9.17) is 4.74 Å². The molecule has 1 aliphatic rings. The molecule has 1 heterocycles. The summed E-state index contributed by atoms with van der Waals surface area (Å²) in [6.45, 7) is 4.83. The zero-order chi connectivity index (χ0) is 12.3. The highest BCUT2D eigenvalue weighted by atomic mass is 79.9. The van der Waals surface area contributed by atoms with Crippen molar-refractivity contribution in [3.63, 3.8) is 0 Å². The maximum absolute atomic E-state index is 12.4. The molecule has 1 saturated heterocycles. The number of nitrogens with zero attached hydrogens (tertiary/aromatic N) is 1. The van der Waals surface area contributed by atoms with Crippen molar-refractivity contribution in [1.82, 2.24) is 4.90 Å². The highest BCUT2D eigenvalue weighted by Gasteiger charge is 2.19. The zero-order valence-electron chi connectivity index (χ0n) is 9.91. The van der Waals surface area contributed by atoms with Crippen LogP contribution in [0.25, 0.3) is 0 Å². The van der Waals surface area contributed by atoms with E-state index in [9.17, 15) is 4.79 Å². The van der Waals surface area contributed by atoms with E-state index in [2.05, 4.69) is 15.9 Å². The summed E-state index contributed by atoms with van der Waals surface area (Å²) in [5.74, 6) is 0.0890. The molecule has 0 saturated carbocycles. The lowest BCUT2D eigenvalue weighted by atomic mass is 10.1. The molecular formula is C13H16BrNO2. The van der Waals surface area contributed by atoms with Gasteiger partial charge in [0.05, 0.1) is 12.2 Å². The molecule has 0 aromatic heterocycles. The summed E-state index contributed by atoms with van der Waals surface area (Å²) in [7, 11) is 0. The van der Waals surface area contributed by atoms with Crippen LogP contribution in [0.3, 0.4) is 0 Å². The molecular weight excluding hydrogens is 282 g/mol. The van der Waals surface area contributed by atoms with Crippen molar-refractivity contribution < 1.29 is 9.53 Å². The fraction of sp³-hybridized carbons (Fsp3) is 0.462. The number of carbonyl (C=O) groups excluding carboxylic acids is 1. The average Bonchev–Trinajstić information content (AvgIpc) is 2.60. The number of carbonyl (C=O) groups is 1. The molecule has 92 valence electrons. The lowest BCUT2D eigenvalue weighted by Crippen LogP contribution is -2.33. The number of rotatable bonds is 1. The van der Waals surface area contributed by atoms with Crippen molar-refractivity contribution in [2.75, 3.05) is 26.3 Å². The molecule has 0 unspecified atom stereocenters. The molecule has 1 aromatic rings. The number of amides is 1. The smallest absolute Gasteiger partial charge is 0.255 e. The Morgan fingerprint density at radius 2 is 2.18 bits per heavy atom. The van der Waals surface area contributed by atoms with Gasteiger partial charge in [0, 0.05) is 24.2 Å². The second-order valence-corrected chi connectivity index (χ2v) is 4.99. The van der Waals surface area contributed by atoms with Gasteiger partial charge in [-0.3, -0.25) is 4.79 Å². The van der Waals surface area contributed by atoms with Crippen LogP contribution in [-0.2, 0) is 4.74 Å². The number of ether oxygens (including phenoxy) is 1. The van der Waals surface area contributed by atoms with Gasteiger partial charge in [0.2, 0.25) is 0 Å². The Balaban J connectivity index is 2.20. The Morgan fingerprint density at radius 1 is 1.35 bits per heavy atom. The Hall–Kier alpha value is -0.870. The maximum atomic E-state index is 12.4. The largest absolute Gasteiger partial charge is 0.380 e. The van der Waals surface area contributed by atoms with Gasteiger partial charge in [0.15, 0.2) is 0 Å². The molecule has 1 amide bonds. The number of aryl methyl sites for hydroxylation is 1. The van der Waals surface area contributed by atoms with E-state index in [-0.39, 0.29) is 5.91 Å². The van der Waals surface area contributed by atoms with Crippen molar-refractivity contribution in [3.8, 4) is 0 Å². The van der Waals surface area contributed by atoms with Crippen molar-refractivity contribution >= 4 is 21.8 Å². The van der Waals surface area contributed by atoms with Gasteiger partial charge in [0.25, 0.3) is 5.91 Å². The highest BCUT2D eigenvalue weighted by Crippen LogP contribution is 2.22. The van der Waals surface area contributed by atoms with Crippen molar-refractivity contribution in [2.24, 2.45) is 0 Å². The summed E-state index contributed by atoms with van der Waals surface area (Å²) >= 11 is 3.49. The summed E-state index contributed by atoms with van der Waals surface area (Å²) in [5, 5.41) is 0. The number of benzene rings is 1. The second-order valence-electron chi connectivity index (χ2n) is 4.19. The first-order valence-electron chi connectivity index (χ1n) is 5.82. The van der Waals surface area contributed by atoms with Gasteiger partial charge < -0.3 is 9.64 Å². The molecule has 0 aliphatic carbocycles. The first-order valence-corrected chi connectivity index (χ1v) is 6.61. The molecule has 0 radical (unpaired) electrons. The van der Waals surface area contributed by atoms with E-state index >= 15 is 0 Å². The molecule has 2 rings (SSSR count). The SMILES string of the molecule is Cc1cccc(C(=O)N2CCCOCC2)c1Br. The second kappa shape index (κ2) is 5.65. The standard InChI is InChI=1S/C13H16BrNO2/c1-10-4-2-5-11(12(10)14)13(16)15-6-3-8-17-9-7-15/h2,4-5H,3,6-9H2,1H3. The average molecular weight is 298 g/mol. The molecule has 0 N–H and O–H groups in total. The van der Waals surface area contributed by atoms with Crippen LogP contribution in [0.4, 0.5) is 0 Å². The summed E-state index contributed by atoms with van der Waals surface area (Å²) in [4.78, 5) is 14.2. The Labute approximate surface area is 110 Å². The predicted molar refractivity (Wildman–Crippen MR) is 70.2 cm³/mol. The number of halogens is 1.